The highest BCUT2D eigenvalue weighted by molar-refractivity contribution is 7.16. The lowest BCUT2D eigenvalue weighted by Crippen LogP contribution is -2.24. The van der Waals surface area contributed by atoms with E-state index in [2.05, 4.69) is 0 Å². The number of aryl methyl sites for hydroxylation is 2. The van der Waals surface area contributed by atoms with Crippen molar-refractivity contribution in [3.63, 3.8) is 0 Å². The SMILES string of the molecule is Cc1cc2c(s1)/C(=C1\C(=O)N(C)c3cc(C)sc31)C(=O)N2C. The number of hydrogen-bond donors (Lipinski definition) is 0. The van der Waals surface area contributed by atoms with Crippen molar-refractivity contribution >= 4 is 57.0 Å². The maximum absolute atomic E-state index is 12.7. The van der Waals surface area contributed by atoms with Gasteiger partial charge in [0.2, 0.25) is 0 Å². The van der Waals surface area contributed by atoms with E-state index in [0.717, 1.165) is 30.9 Å². The second-order valence-corrected chi connectivity index (χ2v) is 8.13. The molecule has 112 valence electrons. The lowest BCUT2D eigenvalue weighted by molar-refractivity contribution is -0.114. The standard InChI is InChI=1S/C16H14N2O2S2/c1-7-5-9-13(21-7)11(15(19)17(9)3)12-14-10(6-8(2)22-14)18(4)16(12)20/h5-6H,1-4H3/b12-11+. The molecule has 2 aliphatic heterocycles. The van der Waals surface area contributed by atoms with Gasteiger partial charge in [-0.05, 0) is 26.0 Å². The van der Waals surface area contributed by atoms with Crippen molar-refractivity contribution in [2.45, 2.75) is 13.8 Å². The first-order chi connectivity index (χ1) is 10.4. The van der Waals surface area contributed by atoms with Crippen molar-refractivity contribution in [2.75, 3.05) is 23.9 Å². The van der Waals surface area contributed by atoms with Gasteiger partial charge in [-0.2, -0.15) is 0 Å². The van der Waals surface area contributed by atoms with E-state index in [9.17, 15) is 9.59 Å². The first kappa shape index (κ1) is 13.7. The van der Waals surface area contributed by atoms with E-state index in [1.54, 1.807) is 46.6 Å². The zero-order valence-electron chi connectivity index (χ0n) is 12.7. The number of hydrogen-bond acceptors (Lipinski definition) is 4. The molecule has 0 fully saturated rings. The third-order valence-corrected chi connectivity index (χ3v) is 6.25. The first-order valence-electron chi connectivity index (χ1n) is 6.92. The van der Waals surface area contributed by atoms with Gasteiger partial charge in [0.25, 0.3) is 11.8 Å². The van der Waals surface area contributed by atoms with Gasteiger partial charge in [0, 0.05) is 23.8 Å². The van der Waals surface area contributed by atoms with Gasteiger partial charge in [-0.25, -0.2) is 0 Å². The Morgan fingerprint density at radius 2 is 1.14 bits per heavy atom. The van der Waals surface area contributed by atoms with Crippen LogP contribution in [-0.4, -0.2) is 25.9 Å². The van der Waals surface area contributed by atoms with Crippen LogP contribution in [0.25, 0.3) is 11.1 Å². The normalized spacial score (nSPS) is 20.2. The Morgan fingerprint density at radius 1 is 0.773 bits per heavy atom. The molecule has 0 N–H and O–H groups in total. The van der Waals surface area contributed by atoms with Crippen LogP contribution in [0, 0.1) is 13.8 Å². The summed E-state index contributed by atoms with van der Waals surface area (Å²) in [7, 11) is 3.54. The molecule has 0 aliphatic carbocycles. The second-order valence-electron chi connectivity index (χ2n) is 5.62. The molecule has 0 unspecified atom stereocenters. The van der Waals surface area contributed by atoms with Crippen molar-refractivity contribution in [3.05, 3.63) is 31.6 Å². The zero-order valence-corrected chi connectivity index (χ0v) is 14.3. The Labute approximate surface area is 136 Å². The molecule has 0 bridgehead atoms. The third-order valence-electron chi connectivity index (χ3n) is 4.14. The molecule has 0 radical (unpaired) electrons. The maximum atomic E-state index is 12.7. The van der Waals surface area contributed by atoms with Crippen molar-refractivity contribution in [3.8, 4) is 0 Å². The molecular weight excluding hydrogens is 316 g/mol. The molecule has 0 saturated carbocycles. The van der Waals surface area contributed by atoms with Crippen molar-refractivity contribution in [1.29, 1.82) is 0 Å². The average molecular weight is 330 g/mol. The van der Waals surface area contributed by atoms with Gasteiger partial charge in [-0.3, -0.25) is 9.59 Å². The predicted octanol–water partition coefficient (Wildman–Crippen LogP) is 3.29. The average Bonchev–Trinajstić information content (AvgIpc) is 3.13. The number of likely N-dealkylation sites (N-methyl/N-ethyl adjacent to an activating group) is 2. The number of fused-ring (bicyclic) bond motifs is 2. The van der Waals surface area contributed by atoms with Crippen LogP contribution in [0.2, 0.25) is 0 Å². The smallest absolute Gasteiger partial charge is 0.260 e. The van der Waals surface area contributed by atoms with Gasteiger partial charge < -0.3 is 9.80 Å². The molecule has 4 rings (SSSR count). The second kappa shape index (κ2) is 4.30. The Morgan fingerprint density at radius 3 is 1.50 bits per heavy atom. The quantitative estimate of drug-likeness (QED) is 0.696. The van der Waals surface area contributed by atoms with Gasteiger partial charge >= 0.3 is 0 Å². The molecule has 2 aliphatic rings. The Bertz CT molecular complexity index is 816. The lowest BCUT2D eigenvalue weighted by atomic mass is 10.1. The van der Waals surface area contributed by atoms with Gasteiger partial charge in [0.05, 0.1) is 32.3 Å². The van der Waals surface area contributed by atoms with Gasteiger partial charge in [-0.1, -0.05) is 0 Å². The summed E-state index contributed by atoms with van der Waals surface area (Å²) >= 11 is 3.16. The summed E-state index contributed by atoms with van der Waals surface area (Å²) in [5.74, 6) is -0.172. The van der Waals surface area contributed by atoms with Gasteiger partial charge in [0.1, 0.15) is 0 Å². The minimum Gasteiger partial charge on any atom is -0.310 e. The zero-order chi connectivity index (χ0) is 15.8. The topological polar surface area (TPSA) is 40.6 Å². The highest BCUT2D eigenvalue weighted by atomic mass is 32.1. The van der Waals surface area contributed by atoms with E-state index in [1.807, 2.05) is 26.0 Å². The lowest BCUT2D eigenvalue weighted by Gasteiger charge is -2.09. The van der Waals surface area contributed by atoms with E-state index in [0.29, 0.717) is 11.1 Å². The van der Waals surface area contributed by atoms with Crippen molar-refractivity contribution < 1.29 is 9.59 Å². The molecule has 0 spiro atoms. The molecule has 0 aromatic carbocycles. The fourth-order valence-electron chi connectivity index (χ4n) is 3.05. The number of amides is 2. The Kier molecular flexibility index (Phi) is 2.68. The van der Waals surface area contributed by atoms with Crippen LogP contribution in [-0.2, 0) is 9.59 Å². The molecule has 4 heterocycles. The fraction of sp³-hybridized carbons (Fsp3) is 0.250. The summed E-state index contributed by atoms with van der Waals surface area (Å²) in [6, 6.07) is 4.02. The summed E-state index contributed by atoms with van der Waals surface area (Å²) < 4.78 is 0. The summed E-state index contributed by atoms with van der Waals surface area (Å²) in [5, 5.41) is 0. The molecule has 2 amide bonds. The van der Waals surface area contributed by atoms with Crippen LogP contribution >= 0.6 is 22.7 Å². The van der Waals surface area contributed by atoms with E-state index < -0.39 is 0 Å². The third kappa shape index (κ3) is 1.56. The van der Waals surface area contributed by atoms with Crippen LogP contribution in [0.15, 0.2) is 12.1 Å². The van der Waals surface area contributed by atoms with E-state index in [1.165, 1.54) is 0 Å². The predicted molar refractivity (Wildman–Crippen MR) is 91.7 cm³/mol. The Hall–Kier alpha value is -1.92. The molecular formula is C16H14N2O2S2. The van der Waals surface area contributed by atoms with E-state index >= 15 is 0 Å². The van der Waals surface area contributed by atoms with Crippen LogP contribution in [0.4, 0.5) is 11.4 Å². The number of carbonyl (C=O) groups excluding carboxylic acids is 2. The molecule has 2 aromatic rings. The van der Waals surface area contributed by atoms with Crippen LogP contribution in [0.3, 0.4) is 0 Å². The Balaban J connectivity index is 2.06. The molecule has 0 saturated heterocycles. The number of anilines is 2. The van der Waals surface area contributed by atoms with Crippen molar-refractivity contribution in [1.82, 2.24) is 0 Å². The molecule has 2 aromatic heterocycles. The van der Waals surface area contributed by atoms with Gasteiger partial charge in [0.15, 0.2) is 0 Å². The van der Waals surface area contributed by atoms with Crippen molar-refractivity contribution in [2.24, 2.45) is 0 Å². The minimum absolute atomic E-state index is 0.0862. The number of carbonyl (C=O) groups is 2. The highest BCUT2D eigenvalue weighted by Crippen LogP contribution is 2.50. The number of nitrogens with zero attached hydrogens (tertiary/aromatic N) is 2. The maximum Gasteiger partial charge on any atom is 0.260 e. The number of thiophene rings is 2. The molecule has 0 atom stereocenters. The monoisotopic (exact) mass is 330 g/mol. The first-order valence-corrected chi connectivity index (χ1v) is 8.55. The van der Waals surface area contributed by atoms with Gasteiger partial charge in [-0.15, -0.1) is 22.7 Å². The van der Waals surface area contributed by atoms with Crippen LogP contribution in [0.5, 0.6) is 0 Å². The largest absolute Gasteiger partial charge is 0.310 e. The summed E-state index contributed by atoms with van der Waals surface area (Å²) in [6.45, 7) is 4.04. The number of rotatable bonds is 0. The summed E-state index contributed by atoms with van der Waals surface area (Å²) in [4.78, 5) is 32.8. The molecule has 6 heteroatoms. The molecule has 22 heavy (non-hydrogen) atoms. The van der Waals surface area contributed by atoms with E-state index in [-0.39, 0.29) is 11.8 Å². The minimum atomic E-state index is -0.0862. The summed E-state index contributed by atoms with van der Waals surface area (Å²) in [5.41, 5.74) is 2.94. The van der Waals surface area contributed by atoms with Crippen LogP contribution < -0.4 is 9.80 Å². The van der Waals surface area contributed by atoms with Crippen LogP contribution in [0.1, 0.15) is 19.5 Å². The summed E-state index contributed by atoms with van der Waals surface area (Å²) in [6.07, 6.45) is 0. The molecule has 4 nitrogen and oxygen atoms in total. The van der Waals surface area contributed by atoms with E-state index in [4.69, 9.17) is 0 Å². The fourth-order valence-corrected chi connectivity index (χ4v) is 5.22. The highest BCUT2D eigenvalue weighted by Gasteiger charge is 2.42.